The van der Waals surface area contributed by atoms with E-state index in [9.17, 15) is 4.79 Å². The molecule has 0 atom stereocenters. The van der Waals surface area contributed by atoms with Crippen LogP contribution in [0, 0.1) is 0 Å². The average molecular weight is 265 g/mol. The van der Waals surface area contributed by atoms with Crippen LogP contribution in [0.25, 0.3) is 0 Å². The van der Waals surface area contributed by atoms with Crippen molar-refractivity contribution in [3.8, 4) is 5.75 Å². The van der Waals surface area contributed by atoms with Crippen LogP contribution in [0.2, 0.25) is 0 Å². The summed E-state index contributed by atoms with van der Waals surface area (Å²) < 4.78 is 5.23. The van der Waals surface area contributed by atoms with E-state index in [2.05, 4.69) is 4.99 Å². The van der Waals surface area contributed by atoms with Gasteiger partial charge < -0.3 is 9.84 Å². The molecule has 0 aromatic heterocycles. The maximum atomic E-state index is 11.8. The molecule has 4 nitrogen and oxygen atoms in total. The first-order chi connectivity index (χ1) is 9.79. The van der Waals surface area contributed by atoms with Gasteiger partial charge >= 0.3 is 5.97 Å². The molecule has 1 aliphatic rings. The molecule has 4 heteroatoms. The molecule has 0 saturated carbocycles. The van der Waals surface area contributed by atoms with E-state index in [4.69, 9.17) is 9.84 Å². The molecule has 0 fully saturated rings. The number of nitrogens with zero attached hydrogens (tertiary/aromatic N) is 1. The third-order valence-corrected chi connectivity index (χ3v) is 2.96. The largest absolute Gasteiger partial charge is 0.513 e. The van der Waals surface area contributed by atoms with Crippen molar-refractivity contribution >= 4 is 11.7 Å². The molecular weight excluding hydrogens is 254 g/mol. The van der Waals surface area contributed by atoms with Crippen LogP contribution in [0.4, 0.5) is 0 Å². The minimum absolute atomic E-state index is 0.125. The molecule has 0 unspecified atom stereocenters. The molecule has 0 amide bonds. The first-order valence-corrected chi connectivity index (χ1v) is 6.09. The van der Waals surface area contributed by atoms with Crippen molar-refractivity contribution in [2.75, 3.05) is 0 Å². The molecular formula is C16H11NO3. The summed E-state index contributed by atoms with van der Waals surface area (Å²) in [5, 5.41) is 9.16. The Hall–Kier alpha value is -2.88. The second-order valence-electron chi connectivity index (χ2n) is 4.23. The Morgan fingerprint density at radius 2 is 1.70 bits per heavy atom. The van der Waals surface area contributed by atoms with Crippen LogP contribution >= 0.6 is 0 Å². The molecule has 1 N–H and O–H groups in total. The first kappa shape index (κ1) is 12.2. The Morgan fingerprint density at radius 1 is 1.00 bits per heavy atom. The molecule has 0 radical (unpaired) electrons. The molecule has 0 saturated heterocycles. The Bertz CT molecular complexity index is 718. The number of aliphatic imine (C=N–C) groups is 1. The third kappa shape index (κ3) is 2.07. The predicted molar refractivity (Wildman–Crippen MR) is 74.9 cm³/mol. The molecule has 98 valence electrons. The van der Waals surface area contributed by atoms with Gasteiger partial charge in [-0.05, 0) is 12.1 Å². The number of aliphatic hydroxyl groups is 1. The van der Waals surface area contributed by atoms with Gasteiger partial charge in [0.15, 0.2) is 5.70 Å². The molecule has 2 aromatic rings. The van der Waals surface area contributed by atoms with Crippen LogP contribution in [-0.2, 0) is 4.79 Å². The van der Waals surface area contributed by atoms with Crippen molar-refractivity contribution in [1.82, 2.24) is 0 Å². The van der Waals surface area contributed by atoms with E-state index >= 15 is 0 Å². The smallest absolute Gasteiger partial charge is 0.365 e. The maximum Gasteiger partial charge on any atom is 0.365 e. The fourth-order valence-corrected chi connectivity index (χ4v) is 2.03. The van der Waals surface area contributed by atoms with Gasteiger partial charge in [0.2, 0.25) is 0 Å². The van der Waals surface area contributed by atoms with Gasteiger partial charge in [0, 0.05) is 11.1 Å². The van der Waals surface area contributed by atoms with E-state index in [-0.39, 0.29) is 5.70 Å². The van der Waals surface area contributed by atoms with Crippen LogP contribution < -0.4 is 4.74 Å². The van der Waals surface area contributed by atoms with Gasteiger partial charge in [-0.1, -0.05) is 42.5 Å². The van der Waals surface area contributed by atoms with Crippen molar-refractivity contribution in [2.24, 2.45) is 4.99 Å². The van der Waals surface area contributed by atoms with Crippen molar-refractivity contribution in [3.05, 3.63) is 77.7 Å². The fourth-order valence-electron chi connectivity index (χ4n) is 2.03. The Morgan fingerprint density at radius 3 is 2.45 bits per heavy atom. The molecule has 1 aliphatic heterocycles. The number of hydrogen-bond donors (Lipinski definition) is 1. The van der Waals surface area contributed by atoms with Gasteiger partial charge in [-0.2, -0.15) is 0 Å². The number of rotatable bonds is 1. The highest BCUT2D eigenvalue weighted by atomic mass is 16.5. The second kappa shape index (κ2) is 5.01. The van der Waals surface area contributed by atoms with Gasteiger partial charge in [0.05, 0.1) is 5.71 Å². The summed E-state index contributed by atoms with van der Waals surface area (Å²) in [7, 11) is 0. The zero-order valence-electron chi connectivity index (χ0n) is 10.5. The summed E-state index contributed by atoms with van der Waals surface area (Å²) in [6, 6.07) is 16.6. The molecule has 3 rings (SSSR count). The summed E-state index contributed by atoms with van der Waals surface area (Å²) in [4.78, 5) is 16.1. The van der Waals surface area contributed by atoms with Crippen LogP contribution in [0.5, 0.6) is 5.75 Å². The standard InChI is InChI=1S/C16H11NO3/c18-10-13-16(19)20-14-9-5-4-8-12(14)15(17-13)11-6-2-1-3-7-11/h1-10,18H/b13-10+. The molecule has 0 bridgehead atoms. The van der Waals surface area contributed by atoms with Crippen molar-refractivity contribution in [2.45, 2.75) is 0 Å². The highest BCUT2D eigenvalue weighted by Gasteiger charge is 2.23. The van der Waals surface area contributed by atoms with Gasteiger partial charge in [0.25, 0.3) is 0 Å². The molecule has 0 spiro atoms. The van der Waals surface area contributed by atoms with E-state index in [1.165, 1.54) is 0 Å². The average Bonchev–Trinajstić information content (AvgIpc) is 2.64. The topological polar surface area (TPSA) is 58.9 Å². The highest BCUT2D eigenvalue weighted by Crippen LogP contribution is 2.26. The van der Waals surface area contributed by atoms with Crippen LogP contribution in [-0.4, -0.2) is 16.8 Å². The van der Waals surface area contributed by atoms with E-state index in [1.54, 1.807) is 12.1 Å². The van der Waals surface area contributed by atoms with Gasteiger partial charge in [-0.25, -0.2) is 9.79 Å². The van der Waals surface area contributed by atoms with Crippen molar-refractivity contribution in [3.63, 3.8) is 0 Å². The lowest BCUT2D eigenvalue weighted by Gasteiger charge is -2.07. The van der Waals surface area contributed by atoms with Crippen molar-refractivity contribution < 1.29 is 14.6 Å². The second-order valence-corrected chi connectivity index (χ2v) is 4.23. The summed E-state index contributed by atoms with van der Waals surface area (Å²) >= 11 is 0. The normalized spacial score (nSPS) is 16.1. The molecule has 0 aliphatic carbocycles. The lowest BCUT2D eigenvalue weighted by atomic mass is 10.0. The number of benzene rings is 2. The molecule has 1 heterocycles. The Labute approximate surface area is 115 Å². The third-order valence-electron chi connectivity index (χ3n) is 2.96. The van der Waals surface area contributed by atoms with E-state index in [0.717, 1.165) is 5.56 Å². The summed E-state index contributed by atoms with van der Waals surface area (Å²) in [5.74, 6) is -0.247. The lowest BCUT2D eigenvalue weighted by Crippen LogP contribution is -2.08. The van der Waals surface area contributed by atoms with Gasteiger partial charge in [-0.3, -0.25) is 0 Å². The van der Waals surface area contributed by atoms with Crippen LogP contribution in [0.15, 0.2) is 71.5 Å². The number of hydrogen-bond acceptors (Lipinski definition) is 4. The van der Waals surface area contributed by atoms with Crippen molar-refractivity contribution in [1.29, 1.82) is 0 Å². The van der Waals surface area contributed by atoms with Crippen LogP contribution in [0.1, 0.15) is 11.1 Å². The molecule has 2 aromatic carbocycles. The van der Waals surface area contributed by atoms with Crippen LogP contribution in [0.3, 0.4) is 0 Å². The zero-order valence-corrected chi connectivity index (χ0v) is 10.5. The maximum absolute atomic E-state index is 11.8. The summed E-state index contributed by atoms with van der Waals surface area (Å²) in [6.07, 6.45) is 0.664. The number of fused-ring (bicyclic) bond motifs is 1. The quantitative estimate of drug-likeness (QED) is 0.373. The Kier molecular flexibility index (Phi) is 3.05. The highest BCUT2D eigenvalue weighted by molar-refractivity contribution is 6.17. The van der Waals surface area contributed by atoms with Gasteiger partial charge in [-0.15, -0.1) is 0 Å². The minimum atomic E-state index is -0.675. The number of esters is 1. The molecule has 20 heavy (non-hydrogen) atoms. The number of ether oxygens (including phenoxy) is 1. The number of para-hydroxylation sites is 1. The SMILES string of the molecule is O=C1Oc2ccccc2C(c2ccccc2)=N/C1=C/O. The van der Waals surface area contributed by atoms with E-state index < -0.39 is 5.97 Å². The monoisotopic (exact) mass is 265 g/mol. The number of carbonyl (C=O) groups excluding carboxylic acids is 1. The first-order valence-electron chi connectivity index (χ1n) is 6.09. The summed E-state index contributed by atoms with van der Waals surface area (Å²) in [6.45, 7) is 0. The summed E-state index contributed by atoms with van der Waals surface area (Å²) in [5.41, 5.74) is 2.02. The zero-order chi connectivity index (χ0) is 13.9. The lowest BCUT2D eigenvalue weighted by molar-refractivity contribution is -0.130. The number of carbonyl (C=O) groups is 1. The van der Waals surface area contributed by atoms with Gasteiger partial charge in [0.1, 0.15) is 12.0 Å². The fraction of sp³-hybridized carbons (Fsp3) is 0. The predicted octanol–water partition coefficient (Wildman–Crippen LogP) is 2.84. The minimum Gasteiger partial charge on any atom is -0.513 e. The number of aliphatic hydroxyl groups excluding tert-OH is 1. The Balaban J connectivity index is 2.25. The van der Waals surface area contributed by atoms with E-state index in [1.807, 2.05) is 42.5 Å². The van der Waals surface area contributed by atoms with E-state index in [0.29, 0.717) is 23.3 Å².